The van der Waals surface area contributed by atoms with Gasteiger partial charge in [0.05, 0.1) is 21.0 Å². The molecule has 3 N–H and O–H groups in total. The molecule has 3 aliphatic rings. The summed E-state index contributed by atoms with van der Waals surface area (Å²) in [6.45, 7) is 5.32. The number of ether oxygens (including phenoxy) is 2. The largest absolute Gasteiger partial charge is 0.385 e. The molecule has 356 valence electrons. The van der Waals surface area contributed by atoms with Gasteiger partial charge in [0, 0.05) is 81.1 Å². The molecule has 0 aromatic heterocycles. The fourth-order valence-corrected chi connectivity index (χ4v) is 10.2. The highest BCUT2D eigenvalue weighted by Gasteiger charge is 2.48. The molecule has 0 aliphatic carbocycles. The average molecular weight is 965 g/mol. The van der Waals surface area contributed by atoms with E-state index in [2.05, 4.69) is 4.90 Å². The Morgan fingerprint density at radius 3 is 2.00 bits per heavy atom. The first-order valence-corrected chi connectivity index (χ1v) is 25.8. The van der Waals surface area contributed by atoms with Crippen LogP contribution in [0.2, 0.25) is 0 Å². The van der Waals surface area contributed by atoms with Crippen molar-refractivity contribution >= 4 is 65.2 Å². The summed E-state index contributed by atoms with van der Waals surface area (Å²) in [5.74, 6) is -2.23. The molecule has 0 spiro atoms. The summed E-state index contributed by atoms with van der Waals surface area (Å²) in [4.78, 5) is 42.3. The smallest absolute Gasteiger partial charge is 0.333 e. The topological polar surface area (TPSA) is 251 Å². The minimum atomic E-state index is -4.59. The lowest BCUT2D eigenvalue weighted by atomic mass is 9.76. The molecule has 2 unspecified atom stereocenters. The van der Waals surface area contributed by atoms with Gasteiger partial charge in [-0.05, 0) is 87.9 Å². The standard InChI is InChI=1S/C44H57N3O15S3/c1-43(23-13-29-63(51,52)53)34-30-32(64(54,55)56)18-20-37(34)46(26-28-61-4)38(43)14-9-8-10-15-39-44(2,24-27-60-3)35-31-33(65(57,58)59)17-19-36(35)45(39)25-12-7-5-6-11-16-42(50)62-47-40(48)21-22-41(47)49/h8-10,14-15,17-20,30-31H,5-7,11-13,16,21-29H2,1-4H3,(H2-,51,52,53,54,55,56,57,58,59)/p+1. The fourth-order valence-electron chi connectivity index (χ4n) is 8.72. The van der Waals surface area contributed by atoms with Crippen LogP contribution in [-0.4, -0.2) is 118 Å². The summed E-state index contributed by atoms with van der Waals surface area (Å²) in [5, 5.41) is 0.541. The van der Waals surface area contributed by atoms with Gasteiger partial charge in [0.15, 0.2) is 12.3 Å². The van der Waals surface area contributed by atoms with Crippen molar-refractivity contribution in [1.29, 1.82) is 0 Å². The van der Waals surface area contributed by atoms with Crippen LogP contribution in [0.5, 0.6) is 0 Å². The third-order valence-electron chi connectivity index (χ3n) is 12.1. The number of hydrogen-bond donors (Lipinski definition) is 3. The number of anilines is 1. The van der Waals surface area contributed by atoms with Gasteiger partial charge >= 0.3 is 5.97 Å². The van der Waals surface area contributed by atoms with Crippen molar-refractivity contribution in [3.05, 3.63) is 83.6 Å². The molecule has 1 saturated heterocycles. The summed E-state index contributed by atoms with van der Waals surface area (Å²) < 4.78 is 115. The number of fused-ring (bicyclic) bond motifs is 2. The Morgan fingerprint density at radius 2 is 1.37 bits per heavy atom. The third-order valence-corrected chi connectivity index (χ3v) is 14.6. The zero-order valence-electron chi connectivity index (χ0n) is 37.0. The van der Waals surface area contributed by atoms with Gasteiger partial charge in [-0.1, -0.05) is 37.5 Å². The van der Waals surface area contributed by atoms with Gasteiger partial charge in [-0.25, -0.2) is 4.79 Å². The zero-order valence-corrected chi connectivity index (χ0v) is 39.4. The van der Waals surface area contributed by atoms with E-state index in [0.717, 1.165) is 24.2 Å². The number of hydroxylamine groups is 2. The Hall–Kier alpha value is -4.61. The summed E-state index contributed by atoms with van der Waals surface area (Å²) >= 11 is 0. The van der Waals surface area contributed by atoms with E-state index in [9.17, 15) is 53.3 Å². The van der Waals surface area contributed by atoms with E-state index in [1.165, 1.54) is 24.3 Å². The molecule has 2 amide bonds. The SMILES string of the molecule is COCC[N+]1=C(/C=C/C=C/C=C2/N(CCCCCCCC(=O)ON3C(=O)CCC3=O)c3ccc(S(=O)(=O)O)cc3C2(C)CCOC)C(C)(CCCS(=O)(=O)O)c2cc(S(=O)(=O)O)ccc21. The van der Waals surface area contributed by atoms with Gasteiger partial charge in [0.1, 0.15) is 6.61 Å². The van der Waals surface area contributed by atoms with E-state index in [1.54, 1.807) is 38.5 Å². The van der Waals surface area contributed by atoms with Crippen molar-refractivity contribution < 1.29 is 72.2 Å². The van der Waals surface area contributed by atoms with Crippen LogP contribution in [0.1, 0.15) is 95.6 Å². The number of allylic oxidation sites excluding steroid dienone is 6. The number of methoxy groups -OCH3 is 2. The Kier molecular flexibility index (Phi) is 16.9. The van der Waals surface area contributed by atoms with E-state index in [4.69, 9.17) is 14.3 Å². The van der Waals surface area contributed by atoms with Crippen LogP contribution in [0.15, 0.2) is 82.3 Å². The molecule has 3 aliphatic heterocycles. The van der Waals surface area contributed by atoms with Crippen LogP contribution < -0.4 is 4.90 Å². The number of amides is 2. The van der Waals surface area contributed by atoms with Crippen molar-refractivity contribution in [2.45, 2.75) is 105 Å². The Bertz CT molecular complexity index is 2590. The van der Waals surface area contributed by atoms with Crippen molar-refractivity contribution in [1.82, 2.24) is 5.06 Å². The zero-order chi connectivity index (χ0) is 47.8. The van der Waals surface area contributed by atoms with Gasteiger partial charge in [0.2, 0.25) is 5.69 Å². The first kappa shape index (κ1) is 51.4. The second-order valence-electron chi connectivity index (χ2n) is 16.6. The predicted octanol–water partition coefficient (Wildman–Crippen LogP) is 5.61. The molecular weight excluding hydrogens is 907 g/mol. The Morgan fingerprint density at radius 1 is 0.754 bits per heavy atom. The van der Waals surface area contributed by atoms with Crippen LogP contribution in [0.3, 0.4) is 0 Å². The summed E-state index contributed by atoms with van der Waals surface area (Å²) in [6.07, 6.45) is 13.4. The maximum absolute atomic E-state index is 12.3. The van der Waals surface area contributed by atoms with Gasteiger partial charge in [-0.15, -0.1) is 5.06 Å². The van der Waals surface area contributed by atoms with E-state index in [1.807, 2.05) is 36.7 Å². The van der Waals surface area contributed by atoms with Gasteiger partial charge in [-0.3, -0.25) is 23.2 Å². The minimum absolute atomic E-state index is 0.0205. The molecule has 21 heteroatoms. The second-order valence-corrected chi connectivity index (χ2v) is 21.1. The molecule has 65 heavy (non-hydrogen) atoms. The highest BCUT2D eigenvalue weighted by molar-refractivity contribution is 7.86. The van der Waals surface area contributed by atoms with E-state index in [-0.39, 0.29) is 48.5 Å². The van der Waals surface area contributed by atoms with Crippen molar-refractivity contribution in [3.63, 3.8) is 0 Å². The first-order valence-electron chi connectivity index (χ1n) is 21.3. The van der Waals surface area contributed by atoms with Crippen LogP contribution >= 0.6 is 0 Å². The van der Waals surface area contributed by atoms with Crippen LogP contribution in [0, 0.1) is 0 Å². The van der Waals surface area contributed by atoms with Crippen molar-refractivity contribution in [3.8, 4) is 0 Å². The van der Waals surface area contributed by atoms with Crippen LogP contribution in [0.4, 0.5) is 11.4 Å². The maximum atomic E-state index is 12.3. The van der Waals surface area contributed by atoms with Gasteiger partial charge in [-0.2, -0.15) is 29.8 Å². The minimum Gasteiger partial charge on any atom is -0.385 e. The quantitative estimate of drug-likeness (QED) is 0.0380. The van der Waals surface area contributed by atoms with Gasteiger partial charge in [0.25, 0.3) is 42.2 Å². The number of rotatable bonds is 24. The number of benzene rings is 2. The molecule has 3 heterocycles. The highest BCUT2D eigenvalue weighted by atomic mass is 32.2. The lowest BCUT2D eigenvalue weighted by Crippen LogP contribution is -2.32. The lowest BCUT2D eigenvalue weighted by Gasteiger charge is -2.30. The number of nitrogens with zero attached hydrogens (tertiary/aromatic N) is 3. The molecule has 0 bridgehead atoms. The number of hydrogen-bond acceptors (Lipinski definition) is 13. The molecule has 2 atom stereocenters. The van der Waals surface area contributed by atoms with Crippen molar-refractivity contribution in [2.75, 3.05) is 51.2 Å². The van der Waals surface area contributed by atoms with E-state index < -0.39 is 64.7 Å². The Labute approximate surface area is 380 Å². The van der Waals surface area contributed by atoms with Gasteiger partial charge < -0.3 is 19.2 Å². The molecule has 18 nitrogen and oxygen atoms in total. The number of carbonyl (C=O) groups excluding carboxylic acids is 3. The normalized spacial score (nSPS) is 20.9. The van der Waals surface area contributed by atoms with Crippen molar-refractivity contribution in [2.24, 2.45) is 0 Å². The lowest BCUT2D eigenvalue weighted by molar-refractivity contribution is -0.441. The molecule has 1 fully saturated rings. The fraction of sp³-hybridized carbons (Fsp3) is 0.500. The number of carbonyl (C=O) groups is 3. The number of imide groups is 1. The maximum Gasteiger partial charge on any atom is 0.333 e. The molecule has 2 aromatic carbocycles. The Balaban J connectivity index is 1.42. The molecule has 0 radical (unpaired) electrons. The monoisotopic (exact) mass is 964 g/mol. The molecule has 5 rings (SSSR count). The highest BCUT2D eigenvalue weighted by Crippen LogP contribution is 2.51. The first-order chi connectivity index (χ1) is 30.5. The summed E-state index contributed by atoms with van der Waals surface area (Å²) in [5.41, 5.74) is 2.42. The third kappa shape index (κ3) is 12.4. The number of unbranched alkanes of at least 4 members (excludes halogenated alkanes) is 4. The van der Waals surface area contributed by atoms with E-state index in [0.29, 0.717) is 73.0 Å². The average Bonchev–Trinajstić information content (AvgIpc) is 3.76. The molecule has 0 saturated carbocycles. The van der Waals surface area contributed by atoms with Crippen LogP contribution in [0.25, 0.3) is 0 Å². The van der Waals surface area contributed by atoms with E-state index >= 15 is 0 Å². The van der Waals surface area contributed by atoms with Crippen LogP contribution in [-0.2, 0) is 69.9 Å². The second kappa shape index (κ2) is 21.3. The predicted molar refractivity (Wildman–Crippen MR) is 240 cm³/mol. The molecular formula is C44H58N3O15S3+. The summed E-state index contributed by atoms with van der Waals surface area (Å²) in [7, 11) is -10.3. The summed E-state index contributed by atoms with van der Waals surface area (Å²) in [6, 6.07) is 8.77. The molecule has 2 aromatic rings.